The van der Waals surface area contributed by atoms with Gasteiger partial charge in [0.25, 0.3) is 40.3 Å². The van der Waals surface area contributed by atoms with Crippen molar-refractivity contribution in [2.45, 2.75) is 136 Å². The maximum atomic E-state index is 13.9. The van der Waals surface area contributed by atoms with Gasteiger partial charge in [-0.05, 0) is 92.9 Å². The van der Waals surface area contributed by atoms with Gasteiger partial charge in [0, 0.05) is 30.1 Å². The highest BCUT2D eigenvalue weighted by molar-refractivity contribution is 6.79. The van der Waals surface area contributed by atoms with E-state index in [9.17, 15) is 33.1 Å². The molecule has 0 aliphatic carbocycles. The molecule has 1 N–H and O–H groups in total. The van der Waals surface area contributed by atoms with Gasteiger partial charge in [0.2, 0.25) is 0 Å². The Morgan fingerprint density at radius 3 is 1.20 bits per heavy atom. The highest BCUT2D eigenvalue weighted by Crippen LogP contribution is 2.51. The number of amides is 4. The zero-order chi connectivity index (χ0) is 54.7. The zero-order valence-corrected chi connectivity index (χ0v) is 46.8. The van der Waals surface area contributed by atoms with E-state index in [0.29, 0.717) is 44.4 Å². The lowest BCUT2D eigenvalue weighted by Crippen LogP contribution is -2.51. The summed E-state index contributed by atoms with van der Waals surface area (Å²) in [5, 5.41) is 19.4. The number of ether oxygens (including phenoxy) is 1. The summed E-state index contributed by atoms with van der Waals surface area (Å²) in [6, 6.07) is 20.1. The number of imide groups is 2. The van der Waals surface area contributed by atoms with Crippen LogP contribution in [0.15, 0.2) is 85.2 Å². The SMILES string of the molecule is CC#N.CC(C)[Si](Oc1c2c(c(O)c3cccnc13)C(=O)N(Cc1ccc(F)cc1)C2=O)(C(C)C)C(C)C.COc1c2c(c(O[Si](C(C)C)(C(C)C)C(C)C)c3ncccc13)C(=O)N(Cc1ccc(F)cc1)C2=O. The molecule has 0 bridgehead atoms. The van der Waals surface area contributed by atoms with Gasteiger partial charge in [0.05, 0.1) is 48.5 Å². The van der Waals surface area contributed by atoms with Gasteiger partial charge in [-0.15, -0.1) is 0 Å². The summed E-state index contributed by atoms with van der Waals surface area (Å²) in [7, 11) is -3.58. The summed E-state index contributed by atoms with van der Waals surface area (Å²) in [5.74, 6) is -2.18. The second-order valence-corrected chi connectivity index (χ2v) is 31.3. The Hall–Kier alpha value is -7.04. The number of hydrogen-bond acceptors (Lipinski definition) is 11. The summed E-state index contributed by atoms with van der Waals surface area (Å²) >= 11 is 0. The molecule has 390 valence electrons. The van der Waals surface area contributed by atoms with Gasteiger partial charge in [0.15, 0.2) is 0 Å². The molecule has 0 spiro atoms. The molecule has 6 aromatic rings. The van der Waals surface area contributed by atoms with Gasteiger partial charge in [-0.1, -0.05) is 107 Å². The van der Waals surface area contributed by atoms with Crippen molar-refractivity contribution >= 4 is 62.1 Å². The van der Waals surface area contributed by atoms with Crippen LogP contribution in [-0.4, -0.2) is 72.2 Å². The minimum Gasteiger partial charge on any atom is -0.541 e. The largest absolute Gasteiger partial charge is 0.541 e. The van der Waals surface area contributed by atoms with E-state index >= 15 is 0 Å². The van der Waals surface area contributed by atoms with E-state index in [1.54, 1.807) is 48.8 Å². The Morgan fingerprint density at radius 2 is 0.851 bits per heavy atom. The highest BCUT2D eigenvalue weighted by atomic mass is 28.4. The summed E-state index contributed by atoms with van der Waals surface area (Å²) in [5.41, 5.74) is 3.89. The molecule has 4 aromatic carbocycles. The first-order valence-electron chi connectivity index (χ1n) is 25.0. The number of pyridine rings is 2. The number of nitrogens with zero attached hydrogens (tertiary/aromatic N) is 5. The quantitative estimate of drug-likeness (QED) is 0.0766. The number of fused-ring (bicyclic) bond motifs is 4. The normalized spacial score (nSPS) is 13.5. The summed E-state index contributed by atoms with van der Waals surface area (Å²) in [4.78, 5) is 66.1. The van der Waals surface area contributed by atoms with E-state index in [4.69, 9.17) is 18.9 Å². The Bertz CT molecular complexity index is 3090. The fourth-order valence-corrected chi connectivity index (χ4v) is 21.9. The minimum atomic E-state index is -2.55. The van der Waals surface area contributed by atoms with Crippen molar-refractivity contribution in [3.63, 3.8) is 0 Å². The van der Waals surface area contributed by atoms with Gasteiger partial charge in [0.1, 0.15) is 45.7 Å². The first-order chi connectivity index (χ1) is 35.0. The van der Waals surface area contributed by atoms with E-state index in [0.717, 1.165) is 4.90 Å². The van der Waals surface area contributed by atoms with E-state index < -0.39 is 46.1 Å². The average molecular weight is 1040 g/mol. The van der Waals surface area contributed by atoms with Crippen LogP contribution in [0.2, 0.25) is 33.2 Å². The Labute approximate surface area is 434 Å². The van der Waals surface area contributed by atoms with E-state index in [2.05, 4.69) is 93.1 Å². The lowest BCUT2D eigenvalue weighted by atomic mass is 10.0. The number of carbonyl (C=O) groups excluding carboxylic acids is 4. The number of aromatic hydroxyl groups is 1. The molecular formula is C57H67F2N5O8Si2. The molecule has 0 saturated heterocycles. The van der Waals surface area contributed by atoms with Crippen LogP contribution >= 0.6 is 0 Å². The van der Waals surface area contributed by atoms with Gasteiger partial charge < -0.3 is 18.7 Å². The van der Waals surface area contributed by atoms with Crippen LogP contribution in [0.3, 0.4) is 0 Å². The van der Waals surface area contributed by atoms with E-state index in [-0.39, 0.29) is 85.9 Å². The number of methoxy groups -OCH3 is 1. The number of halogens is 2. The number of nitriles is 1. The lowest BCUT2D eigenvalue weighted by Gasteiger charge is -2.42. The fourth-order valence-electron chi connectivity index (χ4n) is 11.4. The van der Waals surface area contributed by atoms with Crippen molar-refractivity contribution in [3.8, 4) is 29.1 Å². The summed E-state index contributed by atoms with van der Waals surface area (Å²) < 4.78 is 46.5. The van der Waals surface area contributed by atoms with Crippen LogP contribution in [0.1, 0.15) is 143 Å². The third-order valence-corrected chi connectivity index (χ3v) is 26.4. The van der Waals surface area contributed by atoms with Crippen molar-refractivity contribution < 1.29 is 46.7 Å². The van der Waals surface area contributed by atoms with Crippen LogP contribution in [0.5, 0.6) is 23.0 Å². The molecule has 8 rings (SSSR count). The van der Waals surface area contributed by atoms with Gasteiger partial charge in [-0.2, -0.15) is 5.26 Å². The first-order valence-corrected chi connectivity index (χ1v) is 29.3. The first kappa shape index (κ1) is 56.3. The number of aromatic nitrogens is 2. The van der Waals surface area contributed by atoms with Crippen LogP contribution in [0.4, 0.5) is 8.78 Å². The monoisotopic (exact) mass is 1040 g/mol. The molecule has 0 radical (unpaired) electrons. The van der Waals surface area contributed by atoms with Gasteiger partial charge >= 0.3 is 0 Å². The second-order valence-electron chi connectivity index (χ2n) is 20.5. The molecule has 0 saturated carbocycles. The number of carbonyl (C=O) groups is 4. The predicted octanol–water partition coefficient (Wildman–Crippen LogP) is 13.7. The molecule has 13 nitrogen and oxygen atoms in total. The zero-order valence-electron chi connectivity index (χ0n) is 44.8. The Morgan fingerprint density at radius 1 is 0.541 bits per heavy atom. The average Bonchev–Trinajstić information content (AvgIpc) is 3.74. The predicted molar refractivity (Wildman–Crippen MR) is 288 cm³/mol. The molecule has 2 aliphatic heterocycles. The molecule has 2 aliphatic rings. The Kier molecular flexibility index (Phi) is 17.2. The van der Waals surface area contributed by atoms with Crippen LogP contribution < -0.4 is 13.6 Å². The number of rotatable bonds is 15. The van der Waals surface area contributed by atoms with Gasteiger partial charge in [-0.25, -0.2) is 8.78 Å². The summed E-state index contributed by atoms with van der Waals surface area (Å²) in [6.07, 6.45) is 3.24. The van der Waals surface area contributed by atoms with E-state index in [1.165, 1.54) is 55.3 Å². The van der Waals surface area contributed by atoms with E-state index in [1.807, 2.05) is 6.07 Å². The van der Waals surface area contributed by atoms with Crippen molar-refractivity contribution in [1.82, 2.24) is 19.8 Å². The number of phenolic OH excluding ortho intramolecular Hbond substituents is 1. The van der Waals surface area contributed by atoms with Crippen LogP contribution in [0, 0.1) is 23.0 Å². The van der Waals surface area contributed by atoms with Gasteiger partial charge in [-0.3, -0.25) is 38.9 Å². The molecule has 0 atom stereocenters. The molecular weight excluding hydrogens is 977 g/mol. The highest BCUT2D eigenvalue weighted by Gasteiger charge is 2.52. The standard InChI is InChI=1S/C28H33FN2O4Si.C27H31FN2O4Si.C2H3N/c1-16(2)36(17(3)4,18(5)6)35-26-23-22(25(34-7)21-9-8-14-30-24(21)26)27(32)31(28(23)33)15-19-10-12-20(29)13-11-19;1-15(2)35(16(3)4,17(5)6)34-25-22-21(24(31)20-8-7-13-29-23(20)25)26(32)30(27(22)33)14-18-9-11-19(28)12-10-18;1-2-3/h8-14,16-18H,15H2,1-7H3;7-13,15-17,31H,14H2,1-6H3;1H3. The summed E-state index contributed by atoms with van der Waals surface area (Å²) in [6.45, 7) is 27.2. The molecule has 0 unspecified atom stereocenters. The number of benzene rings is 4. The third kappa shape index (κ3) is 10.0. The second kappa shape index (κ2) is 22.6. The number of hydrogen-bond donors (Lipinski definition) is 1. The molecule has 2 aromatic heterocycles. The van der Waals surface area contributed by atoms with Crippen molar-refractivity contribution in [1.29, 1.82) is 5.26 Å². The van der Waals surface area contributed by atoms with Crippen LogP contribution in [-0.2, 0) is 13.1 Å². The smallest absolute Gasteiger partial charge is 0.265 e. The molecule has 0 fully saturated rings. The maximum absolute atomic E-state index is 13.9. The topological polar surface area (TPSA) is 172 Å². The Balaban J connectivity index is 0.000000229. The van der Waals surface area contributed by atoms with Crippen molar-refractivity contribution in [3.05, 3.63) is 130 Å². The molecule has 17 heteroatoms. The molecule has 74 heavy (non-hydrogen) atoms. The fraction of sp³-hybridized carbons (Fsp3) is 0.386. The number of phenols is 1. The van der Waals surface area contributed by atoms with Crippen LogP contribution in [0.25, 0.3) is 21.8 Å². The lowest BCUT2D eigenvalue weighted by molar-refractivity contribution is 0.0625. The molecule has 4 heterocycles. The molecule has 4 amide bonds. The minimum absolute atomic E-state index is 0.0140. The van der Waals surface area contributed by atoms with Crippen molar-refractivity contribution in [2.24, 2.45) is 0 Å². The third-order valence-electron chi connectivity index (χ3n) is 14.5. The van der Waals surface area contributed by atoms with Crippen molar-refractivity contribution in [2.75, 3.05) is 7.11 Å². The maximum Gasteiger partial charge on any atom is 0.265 e.